The molecule has 0 aliphatic carbocycles. The maximum absolute atomic E-state index is 12.5. The van der Waals surface area contributed by atoms with E-state index in [0.717, 1.165) is 19.4 Å². The van der Waals surface area contributed by atoms with Crippen molar-refractivity contribution in [2.45, 2.75) is 25.9 Å². The zero-order chi connectivity index (χ0) is 13.9. The molecule has 104 valence electrons. The maximum Gasteiger partial charge on any atom is 0.289 e. The lowest BCUT2D eigenvalue weighted by atomic mass is 10.0. The van der Waals surface area contributed by atoms with E-state index in [-0.39, 0.29) is 5.91 Å². The fourth-order valence-electron chi connectivity index (χ4n) is 2.63. The van der Waals surface area contributed by atoms with Gasteiger partial charge in [-0.2, -0.15) is 0 Å². The van der Waals surface area contributed by atoms with Gasteiger partial charge in [-0.3, -0.25) is 4.79 Å². The highest BCUT2D eigenvalue weighted by molar-refractivity contribution is 5.91. The van der Waals surface area contributed by atoms with Crippen LogP contribution in [-0.4, -0.2) is 17.4 Å². The van der Waals surface area contributed by atoms with E-state index in [0.29, 0.717) is 24.6 Å². The first-order valence-electron chi connectivity index (χ1n) is 6.93. The number of fused-ring (bicyclic) bond motifs is 1. The quantitative estimate of drug-likeness (QED) is 0.911. The highest BCUT2D eigenvalue weighted by Gasteiger charge is 2.22. The van der Waals surface area contributed by atoms with Crippen LogP contribution in [0.5, 0.6) is 0 Å². The maximum atomic E-state index is 12.5. The van der Waals surface area contributed by atoms with E-state index in [2.05, 4.69) is 18.2 Å². The Morgan fingerprint density at radius 1 is 1.20 bits per heavy atom. The van der Waals surface area contributed by atoms with Gasteiger partial charge in [-0.25, -0.2) is 0 Å². The van der Waals surface area contributed by atoms with Crippen LogP contribution < -0.4 is 5.73 Å². The summed E-state index contributed by atoms with van der Waals surface area (Å²) >= 11 is 0. The molecular formula is C16H18N2O2. The molecule has 4 heteroatoms. The van der Waals surface area contributed by atoms with Gasteiger partial charge in [0, 0.05) is 13.1 Å². The Hall–Kier alpha value is -2.07. The Morgan fingerprint density at radius 2 is 2.00 bits per heavy atom. The second-order valence-corrected chi connectivity index (χ2v) is 5.07. The third kappa shape index (κ3) is 2.47. The van der Waals surface area contributed by atoms with Gasteiger partial charge in [0.2, 0.25) is 0 Å². The highest BCUT2D eigenvalue weighted by atomic mass is 16.4. The van der Waals surface area contributed by atoms with E-state index >= 15 is 0 Å². The van der Waals surface area contributed by atoms with Crippen LogP contribution in [0.1, 0.15) is 33.9 Å². The minimum absolute atomic E-state index is 0.0543. The summed E-state index contributed by atoms with van der Waals surface area (Å²) in [5.74, 6) is 0.967. The van der Waals surface area contributed by atoms with Gasteiger partial charge in [-0.15, -0.1) is 0 Å². The molecule has 20 heavy (non-hydrogen) atoms. The van der Waals surface area contributed by atoms with Gasteiger partial charge < -0.3 is 15.1 Å². The van der Waals surface area contributed by atoms with Crippen LogP contribution >= 0.6 is 0 Å². The number of carbonyl (C=O) groups is 1. The summed E-state index contributed by atoms with van der Waals surface area (Å²) in [7, 11) is 0. The van der Waals surface area contributed by atoms with Crippen LogP contribution in [0.15, 0.2) is 40.8 Å². The van der Waals surface area contributed by atoms with Crippen LogP contribution in [0.2, 0.25) is 0 Å². The van der Waals surface area contributed by atoms with Gasteiger partial charge in [0.05, 0.1) is 6.54 Å². The molecule has 2 heterocycles. The Kier molecular flexibility index (Phi) is 3.56. The minimum Gasteiger partial charge on any atom is -0.455 e. The normalized spacial score (nSPS) is 14.8. The summed E-state index contributed by atoms with van der Waals surface area (Å²) in [6.07, 6.45) is 2.00. The topological polar surface area (TPSA) is 59.5 Å². The van der Waals surface area contributed by atoms with Crippen LogP contribution in [-0.2, 0) is 19.5 Å². The van der Waals surface area contributed by atoms with E-state index in [1.165, 1.54) is 11.1 Å². The lowest BCUT2D eigenvalue weighted by molar-refractivity contribution is 0.0712. The van der Waals surface area contributed by atoms with Crippen molar-refractivity contribution in [1.82, 2.24) is 4.90 Å². The smallest absolute Gasteiger partial charge is 0.289 e. The van der Waals surface area contributed by atoms with Gasteiger partial charge >= 0.3 is 0 Å². The van der Waals surface area contributed by atoms with Crippen molar-refractivity contribution in [2.24, 2.45) is 5.73 Å². The van der Waals surface area contributed by atoms with Crippen molar-refractivity contribution in [3.8, 4) is 0 Å². The number of amides is 1. The van der Waals surface area contributed by atoms with E-state index in [9.17, 15) is 4.79 Å². The molecule has 3 rings (SSSR count). The Balaban J connectivity index is 1.82. The summed E-state index contributed by atoms with van der Waals surface area (Å²) in [5.41, 5.74) is 8.08. The Bertz CT molecular complexity index is 618. The fourth-order valence-corrected chi connectivity index (χ4v) is 2.63. The fraction of sp³-hybridized carbons (Fsp3) is 0.312. The third-order valence-electron chi connectivity index (χ3n) is 3.71. The second-order valence-electron chi connectivity index (χ2n) is 5.07. The first-order valence-corrected chi connectivity index (χ1v) is 6.93. The number of nitrogens with two attached hydrogens (primary N) is 1. The lowest BCUT2D eigenvalue weighted by Crippen LogP contribution is -2.30. The van der Waals surface area contributed by atoms with E-state index in [1.54, 1.807) is 12.1 Å². The SMILES string of the molecule is NCc1ccc(C(=O)N2CCCc3ccccc3C2)o1. The second kappa shape index (κ2) is 5.51. The third-order valence-corrected chi connectivity index (χ3v) is 3.71. The summed E-state index contributed by atoms with van der Waals surface area (Å²) < 4.78 is 5.46. The molecule has 0 fully saturated rings. The minimum atomic E-state index is -0.0543. The molecule has 1 aliphatic heterocycles. The zero-order valence-corrected chi connectivity index (χ0v) is 11.3. The molecule has 0 saturated carbocycles. The van der Waals surface area contributed by atoms with E-state index < -0.39 is 0 Å². The van der Waals surface area contributed by atoms with Crippen molar-refractivity contribution >= 4 is 5.91 Å². The van der Waals surface area contributed by atoms with E-state index in [1.807, 2.05) is 11.0 Å². The molecule has 2 aromatic rings. The van der Waals surface area contributed by atoms with Crippen molar-refractivity contribution in [3.05, 3.63) is 59.0 Å². The average Bonchev–Trinajstić information content (AvgIpc) is 2.85. The number of furan rings is 1. The number of nitrogens with zero attached hydrogens (tertiary/aromatic N) is 1. The number of benzene rings is 1. The van der Waals surface area contributed by atoms with Crippen molar-refractivity contribution in [3.63, 3.8) is 0 Å². The molecule has 0 atom stereocenters. The first kappa shape index (κ1) is 12.9. The molecule has 2 N–H and O–H groups in total. The van der Waals surface area contributed by atoms with Crippen molar-refractivity contribution in [2.75, 3.05) is 6.54 Å². The first-order chi connectivity index (χ1) is 9.78. The molecule has 1 aromatic heterocycles. The monoisotopic (exact) mass is 270 g/mol. The number of hydrogen-bond donors (Lipinski definition) is 1. The van der Waals surface area contributed by atoms with Crippen LogP contribution in [0, 0.1) is 0 Å². The Morgan fingerprint density at radius 3 is 2.75 bits per heavy atom. The largest absolute Gasteiger partial charge is 0.455 e. The van der Waals surface area contributed by atoms with Crippen LogP contribution in [0.4, 0.5) is 0 Å². The lowest BCUT2D eigenvalue weighted by Gasteiger charge is -2.19. The van der Waals surface area contributed by atoms with Gasteiger partial charge in [0.1, 0.15) is 5.76 Å². The molecule has 1 aliphatic rings. The number of aryl methyl sites for hydroxylation is 1. The number of hydrogen-bond acceptors (Lipinski definition) is 3. The molecule has 0 bridgehead atoms. The Labute approximate surface area is 118 Å². The summed E-state index contributed by atoms with van der Waals surface area (Å²) in [6, 6.07) is 11.8. The van der Waals surface area contributed by atoms with E-state index in [4.69, 9.17) is 10.2 Å². The average molecular weight is 270 g/mol. The molecule has 1 aromatic carbocycles. The molecule has 0 radical (unpaired) electrons. The molecule has 0 saturated heterocycles. The molecule has 1 amide bonds. The predicted octanol–water partition coefficient (Wildman–Crippen LogP) is 2.33. The summed E-state index contributed by atoms with van der Waals surface area (Å²) in [4.78, 5) is 14.3. The van der Waals surface area contributed by atoms with Crippen LogP contribution in [0.25, 0.3) is 0 Å². The molecule has 4 nitrogen and oxygen atoms in total. The molecule has 0 unspecified atom stereocenters. The highest BCUT2D eigenvalue weighted by Crippen LogP contribution is 2.20. The van der Waals surface area contributed by atoms with Gasteiger partial charge in [-0.1, -0.05) is 24.3 Å². The number of rotatable bonds is 2. The van der Waals surface area contributed by atoms with Crippen LogP contribution in [0.3, 0.4) is 0 Å². The van der Waals surface area contributed by atoms with Gasteiger partial charge in [0.15, 0.2) is 5.76 Å². The molecular weight excluding hydrogens is 252 g/mol. The predicted molar refractivity (Wildman–Crippen MR) is 76.1 cm³/mol. The van der Waals surface area contributed by atoms with Crippen molar-refractivity contribution < 1.29 is 9.21 Å². The standard InChI is InChI=1S/C16H18N2O2/c17-10-14-7-8-15(20-14)16(19)18-9-3-6-12-4-1-2-5-13(12)11-18/h1-2,4-5,7-8H,3,6,9-11,17H2. The van der Waals surface area contributed by atoms with Gasteiger partial charge in [0.25, 0.3) is 5.91 Å². The van der Waals surface area contributed by atoms with Crippen molar-refractivity contribution in [1.29, 1.82) is 0 Å². The zero-order valence-electron chi connectivity index (χ0n) is 11.3. The summed E-state index contributed by atoms with van der Waals surface area (Å²) in [5, 5.41) is 0. The number of carbonyl (C=O) groups excluding carboxylic acids is 1. The van der Waals surface area contributed by atoms with Gasteiger partial charge in [-0.05, 0) is 36.1 Å². The molecule has 0 spiro atoms. The summed E-state index contributed by atoms with van der Waals surface area (Å²) in [6.45, 7) is 1.72.